The van der Waals surface area contributed by atoms with Gasteiger partial charge in [0.1, 0.15) is 17.8 Å². The molecule has 1 aliphatic rings. The maximum atomic E-state index is 13.4. The first kappa shape index (κ1) is 17.8. The Hall–Kier alpha value is -2.51. The van der Waals surface area contributed by atoms with E-state index in [-0.39, 0.29) is 18.2 Å². The molecule has 2 rings (SSSR count). The van der Waals surface area contributed by atoms with E-state index in [0.29, 0.717) is 19.2 Å². The largest absolute Gasteiger partial charge is 0.386 e. The Morgan fingerprint density at radius 3 is 2.58 bits per heavy atom. The number of nitrogens with zero attached hydrogens (tertiary/aromatic N) is 2. The quantitative estimate of drug-likeness (QED) is 0.661. The highest BCUT2D eigenvalue weighted by Gasteiger charge is 2.15. The normalized spacial score (nSPS) is 15.2. The van der Waals surface area contributed by atoms with Gasteiger partial charge < -0.3 is 15.1 Å². The molecule has 0 unspecified atom stereocenters. The van der Waals surface area contributed by atoms with Crippen LogP contribution >= 0.6 is 0 Å². The summed E-state index contributed by atoms with van der Waals surface area (Å²) in [5.74, 6) is -2.56. The lowest BCUT2D eigenvalue weighted by Crippen LogP contribution is -2.34. The summed E-state index contributed by atoms with van der Waals surface area (Å²) in [6, 6.07) is 2.77. The molecule has 1 heterocycles. The maximum Gasteiger partial charge on any atom is 0.270 e. The van der Waals surface area contributed by atoms with Gasteiger partial charge in [0.25, 0.3) is 11.8 Å². The maximum absolute atomic E-state index is 13.4. The fourth-order valence-corrected chi connectivity index (χ4v) is 2.34. The zero-order valence-electron chi connectivity index (χ0n) is 13.1. The van der Waals surface area contributed by atoms with Gasteiger partial charge in [-0.15, -0.1) is 0 Å². The molecule has 0 aliphatic carbocycles. The molecular formula is C16H19F2N3O3. The molecule has 0 saturated carbocycles. The van der Waals surface area contributed by atoms with Crippen molar-refractivity contribution in [2.24, 2.45) is 5.16 Å². The van der Waals surface area contributed by atoms with Crippen LogP contribution in [0.15, 0.2) is 23.4 Å². The summed E-state index contributed by atoms with van der Waals surface area (Å²) in [7, 11) is 0. The average molecular weight is 339 g/mol. The van der Waals surface area contributed by atoms with E-state index in [9.17, 15) is 18.4 Å². The van der Waals surface area contributed by atoms with Crippen molar-refractivity contribution in [2.75, 3.05) is 25.0 Å². The number of hydrogen-bond acceptors (Lipinski definition) is 4. The lowest BCUT2D eigenvalue weighted by Gasteiger charge is -2.19. The van der Waals surface area contributed by atoms with Gasteiger partial charge in [0, 0.05) is 19.2 Å². The van der Waals surface area contributed by atoms with Crippen LogP contribution in [-0.2, 0) is 14.4 Å². The second kappa shape index (κ2) is 8.95. The Kier molecular flexibility index (Phi) is 6.65. The van der Waals surface area contributed by atoms with Crippen LogP contribution in [0.2, 0.25) is 0 Å². The summed E-state index contributed by atoms with van der Waals surface area (Å²) in [5.41, 5.74) is -0.173. The number of likely N-dealkylation sites (tertiary alicyclic amines) is 1. The molecule has 130 valence electrons. The second-order valence-electron chi connectivity index (χ2n) is 5.42. The van der Waals surface area contributed by atoms with Gasteiger partial charge in [-0.2, -0.15) is 0 Å². The van der Waals surface area contributed by atoms with Gasteiger partial charge >= 0.3 is 0 Å². The number of halogens is 2. The standard InChI is InChI=1S/C16H19F2N3O3/c17-12-5-6-14(13(18)9-12)20-15(22)10-19-24-11-16(23)21-7-3-1-2-4-8-21/h5-6,9-10H,1-4,7-8,11H2,(H,20,22)/b19-10+. The lowest BCUT2D eigenvalue weighted by atomic mass is 10.2. The van der Waals surface area contributed by atoms with Crippen LogP contribution in [0.1, 0.15) is 25.7 Å². The summed E-state index contributed by atoms with van der Waals surface area (Å²) >= 11 is 0. The number of nitrogens with one attached hydrogen (secondary N) is 1. The summed E-state index contributed by atoms with van der Waals surface area (Å²) < 4.78 is 26.1. The molecule has 1 aromatic carbocycles. The van der Waals surface area contributed by atoms with E-state index in [0.717, 1.165) is 44.0 Å². The first-order valence-corrected chi connectivity index (χ1v) is 7.75. The highest BCUT2D eigenvalue weighted by molar-refractivity contribution is 6.31. The Morgan fingerprint density at radius 1 is 1.21 bits per heavy atom. The lowest BCUT2D eigenvalue weighted by molar-refractivity contribution is -0.136. The van der Waals surface area contributed by atoms with E-state index in [1.165, 1.54) is 0 Å². The number of carbonyl (C=O) groups is 2. The van der Waals surface area contributed by atoms with Crippen molar-refractivity contribution in [1.82, 2.24) is 4.90 Å². The minimum absolute atomic E-state index is 0.173. The van der Waals surface area contributed by atoms with E-state index in [2.05, 4.69) is 10.5 Å². The van der Waals surface area contributed by atoms with Crippen molar-refractivity contribution >= 4 is 23.7 Å². The van der Waals surface area contributed by atoms with Gasteiger partial charge in [-0.3, -0.25) is 9.59 Å². The molecule has 0 radical (unpaired) electrons. The predicted octanol–water partition coefficient (Wildman–Crippen LogP) is 2.31. The van der Waals surface area contributed by atoms with Crippen molar-refractivity contribution in [3.63, 3.8) is 0 Å². The molecule has 0 aromatic heterocycles. The third-order valence-corrected chi connectivity index (χ3v) is 3.58. The van der Waals surface area contributed by atoms with E-state index in [1.807, 2.05) is 0 Å². The molecule has 0 bridgehead atoms. The summed E-state index contributed by atoms with van der Waals surface area (Å²) in [6.07, 6.45) is 4.96. The summed E-state index contributed by atoms with van der Waals surface area (Å²) in [6.45, 7) is 1.15. The third-order valence-electron chi connectivity index (χ3n) is 3.58. The van der Waals surface area contributed by atoms with Crippen LogP contribution in [0.5, 0.6) is 0 Å². The summed E-state index contributed by atoms with van der Waals surface area (Å²) in [5, 5.41) is 5.58. The minimum Gasteiger partial charge on any atom is -0.386 e. The van der Waals surface area contributed by atoms with Crippen LogP contribution in [-0.4, -0.2) is 42.6 Å². The average Bonchev–Trinajstić information content (AvgIpc) is 2.83. The SMILES string of the molecule is O=C(/C=N/OCC(=O)N1CCCCCC1)Nc1ccc(F)cc1F. The van der Waals surface area contributed by atoms with Gasteiger partial charge in [0.15, 0.2) is 6.61 Å². The molecule has 8 heteroatoms. The number of benzene rings is 1. The minimum atomic E-state index is -0.894. The number of hydrogen-bond donors (Lipinski definition) is 1. The Morgan fingerprint density at radius 2 is 1.92 bits per heavy atom. The Labute approximate surface area is 138 Å². The predicted molar refractivity (Wildman–Crippen MR) is 84.5 cm³/mol. The van der Waals surface area contributed by atoms with Crippen LogP contribution in [0, 0.1) is 11.6 Å². The van der Waals surface area contributed by atoms with Gasteiger partial charge in [-0.05, 0) is 25.0 Å². The Bertz CT molecular complexity index is 615. The third kappa shape index (κ3) is 5.60. The topological polar surface area (TPSA) is 71.0 Å². The highest BCUT2D eigenvalue weighted by atomic mass is 19.1. The van der Waals surface area contributed by atoms with E-state index >= 15 is 0 Å². The molecule has 0 spiro atoms. The van der Waals surface area contributed by atoms with Crippen LogP contribution < -0.4 is 5.32 Å². The zero-order chi connectivity index (χ0) is 17.4. The molecule has 0 atom stereocenters. The summed E-state index contributed by atoms with van der Waals surface area (Å²) in [4.78, 5) is 30.0. The Balaban J connectivity index is 1.74. The molecule has 2 amide bonds. The number of amides is 2. The van der Waals surface area contributed by atoms with Crippen LogP contribution in [0.4, 0.5) is 14.5 Å². The van der Waals surface area contributed by atoms with Gasteiger partial charge in [0.2, 0.25) is 0 Å². The number of carbonyl (C=O) groups excluding carboxylic acids is 2. The monoisotopic (exact) mass is 339 g/mol. The fourth-order valence-electron chi connectivity index (χ4n) is 2.34. The molecule has 6 nitrogen and oxygen atoms in total. The number of rotatable bonds is 5. The molecule has 1 aliphatic heterocycles. The van der Waals surface area contributed by atoms with Crippen molar-refractivity contribution in [3.8, 4) is 0 Å². The van der Waals surface area contributed by atoms with Crippen molar-refractivity contribution < 1.29 is 23.2 Å². The molecule has 1 N–H and O–H groups in total. The van der Waals surface area contributed by atoms with E-state index < -0.39 is 17.5 Å². The van der Waals surface area contributed by atoms with E-state index in [1.54, 1.807) is 4.90 Å². The zero-order valence-corrected chi connectivity index (χ0v) is 13.1. The smallest absolute Gasteiger partial charge is 0.270 e. The molecular weight excluding hydrogens is 320 g/mol. The van der Waals surface area contributed by atoms with Crippen molar-refractivity contribution in [1.29, 1.82) is 0 Å². The molecule has 24 heavy (non-hydrogen) atoms. The highest BCUT2D eigenvalue weighted by Crippen LogP contribution is 2.14. The van der Waals surface area contributed by atoms with Gasteiger partial charge in [-0.25, -0.2) is 8.78 Å². The van der Waals surface area contributed by atoms with E-state index in [4.69, 9.17) is 4.84 Å². The molecule has 1 fully saturated rings. The fraction of sp³-hybridized carbons (Fsp3) is 0.438. The van der Waals surface area contributed by atoms with Gasteiger partial charge in [-0.1, -0.05) is 18.0 Å². The second-order valence-corrected chi connectivity index (χ2v) is 5.42. The van der Waals surface area contributed by atoms with Gasteiger partial charge in [0.05, 0.1) is 5.69 Å². The molecule has 1 saturated heterocycles. The first-order chi connectivity index (χ1) is 11.6. The number of anilines is 1. The van der Waals surface area contributed by atoms with Crippen LogP contribution in [0.25, 0.3) is 0 Å². The van der Waals surface area contributed by atoms with Crippen LogP contribution in [0.3, 0.4) is 0 Å². The molecule has 1 aromatic rings. The van der Waals surface area contributed by atoms with Crippen molar-refractivity contribution in [2.45, 2.75) is 25.7 Å². The first-order valence-electron chi connectivity index (χ1n) is 7.75. The van der Waals surface area contributed by atoms with Crippen molar-refractivity contribution in [3.05, 3.63) is 29.8 Å². The number of oxime groups is 1.